The molecule has 0 bridgehead atoms. The Hall–Kier alpha value is -0.810. The Bertz CT molecular complexity index is 287. The molecule has 1 amide bonds. The van der Waals surface area contributed by atoms with Gasteiger partial charge in [0.15, 0.2) is 0 Å². The molecule has 0 aromatic carbocycles. The summed E-state index contributed by atoms with van der Waals surface area (Å²) in [6.07, 6.45) is -0.277. The van der Waals surface area contributed by atoms with Gasteiger partial charge in [0.25, 0.3) is 0 Å². The monoisotopic (exact) mass is 228 g/mol. The average Bonchev–Trinajstić information content (AvgIpc) is 2.66. The molecule has 2 heterocycles. The van der Waals surface area contributed by atoms with Crippen molar-refractivity contribution in [3.05, 3.63) is 0 Å². The van der Waals surface area contributed by atoms with Crippen LogP contribution < -0.4 is 5.73 Å². The first-order valence-electron chi connectivity index (χ1n) is 5.71. The van der Waals surface area contributed by atoms with Gasteiger partial charge in [0, 0.05) is 18.5 Å². The SMILES string of the molecule is CC(C)(C)OC(=O)N1C[C@@H](N)[C@@H]2COC[C@@H]21. The van der Waals surface area contributed by atoms with Gasteiger partial charge in [-0.25, -0.2) is 4.79 Å². The molecular weight excluding hydrogens is 208 g/mol. The summed E-state index contributed by atoms with van der Waals surface area (Å²) in [6, 6.07) is 0.116. The highest BCUT2D eigenvalue weighted by Gasteiger charge is 2.46. The van der Waals surface area contributed by atoms with E-state index in [9.17, 15) is 4.79 Å². The van der Waals surface area contributed by atoms with Crippen LogP contribution in [-0.4, -0.2) is 48.4 Å². The summed E-state index contributed by atoms with van der Waals surface area (Å²) < 4.78 is 10.7. The first-order valence-corrected chi connectivity index (χ1v) is 5.71. The van der Waals surface area contributed by atoms with Gasteiger partial charge in [0.1, 0.15) is 5.60 Å². The molecule has 92 valence electrons. The molecule has 0 aromatic heterocycles. The third-order valence-electron chi connectivity index (χ3n) is 3.08. The topological polar surface area (TPSA) is 64.8 Å². The molecule has 3 atom stereocenters. The Morgan fingerprint density at radius 3 is 2.75 bits per heavy atom. The minimum atomic E-state index is -0.460. The van der Waals surface area contributed by atoms with Crippen LogP contribution in [0.1, 0.15) is 20.8 Å². The van der Waals surface area contributed by atoms with Gasteiger partial charge in [-0.1, -0.05) is 0 Å². The van der Waals surface area contributed by atoms with Crippen molar-refractivity contribution in [1.82, 2.24) is 4.90 Å². The van der Waals surface area contributed by atoms with Gasteiger partial charge in [0.2, 0.25) is 0 Å². The fraction of sp³-hybridized carbons (Fsp3) is 0.909. The van der Waals surface area contributed by atoms with Crippen LogP contribution in [0.3, 0.4) is 0 Å². The molecule has 0 radical (unpaired) electrons. The number of likely N-dealkylation sites (tertiary alicyclic amines) is 1. The van der Waals surface area contributed by atoms with Gasteiger partial charge in [0.05, 0.1) is 19.3 Å². The maximum absolute atomic E-state index is 11.9. The Morgan fingerprint density at radius 1 is 1.44 bits per heavy atom. The second-order valence-corrected chi connectivity index (χ2v) is 5.57. The van der Waals surface area contributed by atoms with Crippen molar-refractivity contribution >= 4 is 6.09 Å². The Balaban J connectivity index is 2.02. The van der Waals surface area contributed by atoms with Crippen LogP contribution in [0.15, 0.2) is 0 Å². The summed E-state index contributed by atoms with van der Waals surface area (Å²) in [6.45, 7) is 7.41. The van der Waals surface area contributed by atoms with E-state index in [1.807, 2.05) is 20.8 Å². The lowest BCUT2D eigenvalue weighted by atomic mass is 10.0. The average molecular weight is 228 g/mol. The first kappa shape index (κ1) is 11.7. The summed E-state index contributed by atoms with van der Waals surface area (Å²) in [5.74, 6) is 0.271. The second kappa shape index (κ2) is 3.89. The van der Waals surface area contributed by atoms with E-state index in [-0.39, 0.29) is 24.1 Å². The second-order valence-electron chi connectivity index (χ2n) is 5.57. The molecule has 5 heteroatoms. The van der Waals surface area contributed by atoms with Crippen molar-refractivity contribution in [2.24, 2.45) is 11.7 Å². The van der Waals surface area contributed by atoms with E-state index in [4.69, 9.17) is 15.2 Å². The van der Waals surface area contributed by atoms with E-state index >= 15 is 0 Å². The maximum Gasteiger partial charge on any atom is 0.410 e. The molecule has 2 aliphatic rings. The highest BCUT2D eigenvalue weighted by molar-refractivity contribution is 5.69. The van der Waals surface area contributed by atoms with E-state index in [1.54, 1.807) is 4.90 Å². The molecule has 2 saturated heterocycles. The molecule has 0 unspecified atom stereocenters. The maximum atomic E-state index is 11.9. The lowest BCUT2D eigenvalue weighted by molar-refractivity contribution is 0.0193. The van der Waals surface area contributed by atoms with Gasteiger partial charge in [-0.3, -0.25) is 0 Å². The highest BCUT2D eigenvalue weighted by Crippen LogP contribution is 2.30. The third-order valence-corrected chi connectivity index (χ3v) is 3.08. The minimum Gasteiger partial charge on any atom is -0.444 e. The molecule has 0 saturated carbocycles. The van der Waals surface area contributed by atoms with Crippen molar-refractivity contribution in [3.63, 3.8) is 0 Å². The third kappa shape index (κ3) is 2.15. The quantitative estimate of drug-likeness (QED) is 0.658. The summed E-state index contributed by atoms with van der Waals surface area (Å²) >= 11 is 0. The van der Waals surface area contributed by atoms with Crippen molar-refractivity contribution in [2.75, 3.05) is 19.8 Å². The molecule has 0 aliphatic carbocycles. The van der Waals surface area contributed by atoms with Crippen LogP contribution in [0.5, 0.6) is 0 Å². The lowest BCUT2D eigenvalue weighted by Crippen LogP contribution is -2.41. The molecule has 5 nitrogen and oxygen atoms in total. The van der Waals surface area contributed by atoms with Gasteiger partial charge < -0.3 is 20.1 Å². The normalized spacial score (nSPS) is 34.0. The Kier molecular flexibility index (Phi) is 2.84. The van der Waals surface area contributed by atoms with Crippen molar-refractivity contribution in [1.29, 1.82) is 0 Å². The Labute approximate surface area is 95.9 Å². The number of fused-ring (bicyclic) bond motifs is 1. The van der Waals surface area contributed by atoms with E-state index in [0.29, 0.717) is 19.8 Å². The number of rotatable bonds is 0. The lowest BCUT2D eigenvalue weighted by Gasteiger charge is -2.27. The highest BCUT2D eigenvalue weighted by atomic mass is 16.6. The predicted octanol–water partition coefficient (Wildman–Crippen LogP) is 0.579. The van der Waals surface area contributed by atoms with Crippen LogP contribution >= 0.6 is 0 Å². The van der Waals surface area contributed by atoms with Gasteiger partial charge in [-0.05, 0) is 20.8 Å². The molecule has 2 N–H and O–H groups in total. The summed E-state index contributed by atoms with van der Waals surface area (Å²) in [5, 5.41) is 0. The van der Waals surface area contributed by atoms with Crippen molar-refractivity contribution in [3.8, 4) is 0 Å². The van der Waals surface area contributed by atoms with E-state index < -0.39 is 5.60 Å². The van der Waals surface area contributed by atoms with Gasteiger partial charge in [-0.2, -0.15) is 0 Å². The smallest absolute Gasteiger partial charge is 0.410 e. The summed E-state index contributed by atoms with van der Waals surface area (Å²) in [4.78, 5) is 13.7. The number of nitrogens with two attached hydrogens (primary N) is 1. The van der Waals surface area contributed by atoms with E-state index in [1.165, 1.54) is 0 Å². The predicted molar refractivity (Wildman–Crippen MR) is 59.0 cm³/mol. The molecule has 2 fully saturated rings. The largest absolute Gasteiger partial charge is 0.444 e. The minimum absolute atomic E-state index is 0.0139. The number of amides is 1. The molecular formula is C11H20N2O3. The van der Waals surface area contributed by atoms with E-state index in [0.717, 1.165) is 0 Å². The van der Waals surface area contributed by atoms with Crippen molar-refractivity contribution in [2.45, 2.75) is 38.5 Å². The standard InChI is InChI=1S/C11H20N2O3/c1-11(2,3)16-10(14)13-4-8(12)7-5-15-6-9(7)13/h7-9H,4-6,12H2,1-3H3/t7-,8+,9-/m0/s1. The zero-order chi connectivity index (χ0) is 11.9. The number of hydrogen-bond donors (Lipinski definition) is 1. The van der Waals surface area contributed by atoms with Crippen molar-refractivity contribution < 1.29 is 14.3 Å². The number of nitrogens with zero attached hydrogens (tertiary/aromatic N) is 1. The molecule has 0 spiro atoms. The molecule has 2 rings (SSSR count). The van der Waals surface area contributed by atoms with Crippen LogP contribution in [0.25, 0.3) is 0 Å². The molecule has 0 aromatic rings. The van der Waals surface area contributed by atoms with Crippen LogP contribution in [-0.2, 0) is 9.47 Å². The number of hydrogen-bond acceptors (Lipinski definition) is 4. The van der Waals surface area contributed by atoms with Crippen LogP contribution in [0.2, 0.25) is 0 Å². The van der Waals surface area contributed by atoms with Crippen LogP contribution in [0.4, 0.5) is 4.79 Å². The number of carbonyl (C=O) groups excluding carboxylic acids is 1. The zero-order valence-electron chi connectivity index (χ0n) is 10.1. The fourth-order valence-corrected chi connectivity index (χ4v) is 2.32. The fourth-order valence-electron chi connectivity index (χ4n) is 2.32. The summed E-state index contributed by atoms with van der Waals surface area (Å²) in [7, 11) is 0. The van der Waals surface area contributed by atoms with Crippen LogP contribution in [0, 0.1) is 5.92 Å². The van der Waals surface area contributed by atoms with Gasteiger partial charge >= 0.3 is 6.09 Å². The zero-order valence-corrected chi connectivity index (χ0v) is 10.1. The van der Waals surface area contributed by atoms with E-state index in [2.05, 4.69) is 0 Å². The van der Waals surface area contributed by atoms with Gasteiger partial charge in [-0.15, -0.1) is 0 Å². The number of carbonyl (C=O) groups is 1. The summed E-state index contributed by atoms with van der Waals surface area (Å²) in [5.41, 5.74) is 5.52. The molecule has 2 aliphatic heterocycles. The Morgan fingerprint density at radius 2 is 2.12 bits per heavy atom. The number of ether oxygens (including phenoxy) is 2. The molecule has 16 heavy (non-hydrogen) atoms. The first-order chi connectivity index (χ1) is 7.38.